The Kier molecular flexibility index (Phi) is 8.87. The first-order chi connectivity index (χ1) is 8.43. The van der Waals surface area contributed by atoms with Gasteiger partial charge < -0.3 is 10.1 Å². The molecule has 0 atom stereocenters. The molecule has 0 unspecified atom stereocenters. The van der Waals surface area contributed by atoms with Crippen molar-refractivity contribution in [2.45, 2.75) is 25.7 Å². The van der Waals surface area contributed by atoms with Crippen molar-refractivity contribution in [2.24, 2.45) is 0 Å². The predicted molar refractivity (Wildman–Crippen MR) is 77.1 cm³/mol. The SMILES string of the molecule is SCCNCCCCCCOc1ccccc1. The average Bonchev–Trinajstić information content (AvgIpc) is 2.38. The van der Waals surface area contributed by atoms with Crippen molar-refractivity contribution in [3.8, 4) is 5.75 Å². The molecule has 0 saturated heterocycles. The minimum atomic E-state index is 0.827. The zero-order valence-electron chi connectivity index (χ0n) is 10.4. The largest absolute Gasteiger partial charge is 0.494 e. The van der Waals surface area contributed by atoms with Crippen LogP contribution in [0.1, 0.15) is 25.7 Å². The van der Waals surface area contributed by atoms with Crippen LogP contribution in [-0.2, 0) is 0 Å². The first-order valence-corrected chi connectivity index (χ1v) is 7.06. The molecule has 0 bridgehead atoms. The molecule has 0 amide bonds. The average molecular weight is 253 g/mol. The number of benzene rings is 1. The molecule has 1 N–H and O–H groups in total. The fourth-order valence-electron chi connectivity index (χ4n) is 1.62. The quantitative estimate of drug-likeness (QED) is 0.494. The molecule has 3 heteroatoms. The van der Waals surface area contributed by atoms with Crippen LogP contribution in [0.15, 0.2) is 30.3 Å². The van der Waals surface area contributed by atoms with E-state index in [1.807, 2.05) is 30.3 Å². The van der Waals surface area contributed by atoms with Crippen LogP contribution in [0.4, 0.5) is 0 Å². The van der Waals surface area contributed by atoms with Gasteiger partial charge in [0.25, 0.3) is 0 Å². The second-order valence-corrected chi connectivity index (χ2v) is 4.50. The standard InChI is InChI=1S/C14H23NOS/c17-13-11-15-10-6-1-2-7-12-16-14-8-4-3-5-9-14/h3-5,8-9,15,17H,1-2,6-7,10-13H2. The van der Waals surface area contributed by atoms with Crippen LogP contribution in [0.25, 0.3) is 0 Å². The van der Waals surface area contributed by atoms with Crippen molar-refractivity contribution in [2.75, 3.05) is 25.4 Å². The predicted octanol–water partition coefficient (Wildman–Crippen LogP) is 3.15. The summed E-state index contributed by atoms with van der Waals surface area (Å²) in [5, 5.41) is 3.34. The lowest BCUT2D eigenvalue weighted by atomic mass is 10.2. The van der Waals surface area contributed by atoms with Gasteiger partial charge in [0.15, 0.2) is 0 Å². The summed E-state index contributed by atoms with van der Waals surface area (Å²) in [6, 6.07) is 10.0. The summed E-state index contributed by atoms with van der Waals surface area (Å²) >= 11 is 4.15. The van der Waals surface area contributed by atoms with Crippen LogP contribution in [0.5, 0.6) is 5.75 Å². The van der Waals surface area contributed by atoms with Gasteiger partial charge >= 0.3 is 0 Å². The van der Waals surface area contributed by atoms with Crippen LogP contribution in [0, 0.1) is 0 Å². The highest BCUT2D eigenvalue weighted by Crippen LogP contribution is 2.09. The zero-order valence-corrected chi connectivity index (χ0v) is 11.3. The summed E-state index contributed by atoms with van der Waals surface area (Å²) in [4.78, 5) is 0. The molecule has 1 rings (SSSR count). The highest BCUT2D eigenvalue weighted by molar-refractivity contribution is 7.80. The Morgan fingerprint density at radius 3 is 2.47 bits per heavy atom. The molecular weight excluding hydrogens is 230 g/mol. The summed E-state index contributed by atoms with van der Waals surface area (Å²) in [6.07, 6.45) is 4.91. The number of rotatable bonds is 10. The minimum Gasteiger partial charge on any atom is -0.494 e. The highest BCUT2D eigenvalue weighted by atomic mass is 32.1. The van der Waals surface area contributed by atoms with E-state index < -0.39 is 0 Å². The number of thiol groups is 1. The number of hydrogen-bond donors (Lipinski definition) is 2. The lowest BCUT2D eigenvalue weighted by Gasteiger charge is -2.06. The molecule has 0 fully saturated rings. The molecule has 0 radical (unpaired) electrons. The minimum absolute atomic E-state index is 0.827. The summed E-state index contributed by atoms with van der Waals surface area (Å²) in [6.45, 7) is 2.95. The van der Waals surface area contributed by atoms with Gasteiger partial charge in [-0.2, -0.15) is 12.6 Å². The van der Waals surface area contributed by atoms with Gasteiger partial charge in [0.05, 0.1) is 6.61 Å². The maximum atomic E-state index is 5.63. The normalized spacial score (nSPS) is 10.4. The van der Waals surface area contributed by atoms with Crippen molar-refractivity contribution in [1.82, 2.24) is 5.32 Å². The van der Waals surface area contributed by atoms with Crippen molar-refractivity contribution >= 4 is 12.6 Å². The van der Waals surface area contributed by atoms with Gasteiger partial charge in [-0.05, 0) is 31.5 Å². The molecule has 96 valence electrons. The third-order valence-corrected chi connectivity index (χ3v) is 2.77. The van der Waals surface area contributed by atoms with Crippen molar-refractivity contribution in [1.29, 1.82) is 0 Å². The molecule has 1 aromatic rings. The lowest BCUT2D eigenvalue weighted by Crippen LogP contribution is -2.17. The Balaban J connectivity index is 1.85. The van der Waals surface area contributed by atoms with Gasteiger partial charge in [-0.25, -0.2) is 0 Å². The van der Waals surface area contributed by atoms with Crippen molar-refractivity contribution < 1.29 is 4.74 Å². The van der Waals surface area contributed by atoms with Gasteiger partial charge in [-0.15, -0.1) is 0 Å². The third-order valence-electron chi connectivity index (χ3n) is 2.55. The smallest absolute Gasteiger partial charge is 0.119 e. The first kappa shape index (κ1) is 14.4. The zero-order chi connectivity index (χ0) is 12.2. The van der Waals surface area contributed by atoms with Gasteiger partial charge in [0, 0.05) is 12.3 Å². The Hall–Kier alpha value is -0.670. The first-order valence-electron chi connectivity index (χ1n) is 6.43. The van der Waals surface area contributed by atoms with E-state index in [1.165, 1.54) is 19.3 Å². The van der Waals surface area contributed by atoms with E-state index in [9.17, 15) is 0 Å². The van der Waals surface area contributed by atoms with E-state index >= 15 is 0 Å². The summed E-state index contributed by atoms with van der Waals surface area (Å²) in [7, 11) is 0. The van der Waals surface area contributed by atoms with Gasteiger partial charge in [0.1, 0.15) is 5.75 Å². The van der Waals surface area contributed by atoms with Gasteiger partial charge in [-0.1, -0.05) is 31.0 Å². The van der Waals surface area contributed by atoms with Gasteiger partial charge in [0.2, 0.25) is 0 Å². The Labute approximate surface area is 110 Å². The Bertz CT molecular complexity index is 266. The monoisotopic (exact) mass is 253 g/mol. The third kappa shape index (κ3) is 8.11. The lowest BCUT2D eigenvalue weighted by molar-refractivity contribution is 0.304. The van der Waals surface area contributed by atoms with Gasteiger partial charge in [-0.3, -0.25) is 0 Å². The summed E-state index contributed by atoms with van der Waals surface area (Å²) in [5.41, 5.74) is 0. The number of hydrogen-bond acceptors (Lipinski definition) is 3. The van der Waals surface area contributed by atoms with E-state index in [4.69, 9.17) is 4.74 Å². The molecule has 17 heavy (non-hydrogen) atoms. The molecule has 2 nitrogen and oxygen atoms in total. The second kappa shape index (κ2) is 10.5. The van der Waals surface area contributed by atoms with Crippen LogP contribution in [-0.4, -0.2) is 25.4 Å². The van der Waals surface area contributed by atoms with E-state index in [1.54, 1.807) is 0 Å². The number of ether oxygens (including phenoxy) is 1. The number of para-hydroxylation sites is 1. The van der Waals surface area contributed by atoms with E-state index in [0.29, 0.717) is 0 Å². The summed E-state index contributed by atoms with van der Waals surface area (Å²) in [5.74, 6) is 1.90. The maximum absolute atomic E-state index is 5.63. The molecule has 0 saturated carbocycles. The fraction of sp³-hybridized carbons (Fsp3) is 0.571. The summed E-state index contributed by atoms with van der Waals surface area (Å²) < 4.78 is 5.63. The van der Waals surface area contributed by atoms with Crippen molar-refractivity contribution in [3.05, 3.63) is 30.3 Å². The van der Waals surface area contributed by atoms with Crippen LogP contribution >= 0.6 is 12.6 Å². The maximum Gasteiger partial charge on any atom is 0.119 e. The number of unbranched alkanes of at least 4 members (excludes halogenated alkanes) is 3. The molecule has 1 aromatic carbocycles. The molecule has 0 spiro atoms. The topological polar surface area (TPSA) is 21.3 Å². The fourth-order valence-corrected chi connectivity index (χ4v) is 1.77. The van der Waals surface area contributed by atoms with Crippen LogP contribution in [0.3, 0.4) is 0 Å². The molecule has 0 heterocycles. The van der Waals surface area contributed by atoms with Crippen molar-refractivity contribution in [3.63, 3.8) is 0 Å². The molecule has 0 aromatic heterocycles. The van der Waals surface area contributed by atoms with Crippen LogP contribution < -0.4 is 10.1 Å². The van der Waals surface area contributed by atoms with E-state index in [-0.39, 0.29) is 0 Å². The molecule has 0 aliphatic rings. The number of nitrogens with one attached hydrogen (secondary N) is 1. The van der Waals surface area contributed by atoms with Crippen LogP contribution in [0.2, 0.25) is 0 Å². The Morgan fingerprint density at radius 2 is 1.71 bits per heavy atom. The Morgan fingerprint density at radius 1 is 0.941 bits per heavy atom. The molecular formula is C14H23NOS. The molecule has 0 aliphatic heterocycles. The van der Waals surface area contributed by atoms with E-state index in [2.05, 4.69) is 17.9 Å². The second-order valence-electron chi connectivity index (χ2n) is 4.05. The molecule has 0 aliphatic carbocycles. The van der Waals surface area contributed by atoms with E-state index in [0.717, 1.165) is 37.6 Å². The highest BCUT2D eigenvalue weighted by Gasteiger charge is 1.93.